The van der Waals surface area contributed by atoms with Gasteiger partial charge in [0.25, 0.3) is 11.6 Å². The van der Waals surface area contributed by atoms with E-state index in [0.29, 0.717) is 25.3 Å². The molecule has 0 aliphatic carbocycles. The minimum atomic E-state index is -0.444. The summed E-state index contributed by atoms with van der Waals surface area (Å²) in [6, 6.07) is 14.9. The van der Waals surface area contributed by atoms with Crippen LogP contribution >= 0.6 is 0 Å². The predicted octanol–water partition coefficient (Wildman–Crippen LogP) is 4.06. The van der Waals surface area contributed by atoms with Crippen molar-refractivity contribution in [1.82, 2.24) is 5.32 Å². The largest absolute Gasteiger partial charge is 0.381 e. The van der Waals surface area contributed by atoms with Gasteiger partial charge in [-0.15, -0.1) is 0 Å². The van der Waals surface area contributed by atoms with E-state index in [1.807, 2.05) is 18.2 Å². The lowest BCUT2D eigenvalue weighted by Gasteiger charge is -2.38. The predicted molar refractivity (Wildman–Crippen MR) is 120 cm³/mol. The Labute approximate surface area is 182 Å². The number of nitrogens with zero attached hydrogens (tertiary/aromatic N) is 2. The van der Waals surface area contributed by atoms with E-state index in [1.54, 1.807) is 6.07 Å². The number of nitro groups is 1. The smallest absolute Gasteiger partial charge is 0.270 e. The van der Waals surface area contributed by atoms with Crippen molar-refractivity contribution in [2.45, 2.75) is 37.5 Å². The Balaban J connectivity index is 1.59. The number of benzene rings is 2. The second kappa shape index (κ2) is 9.47. The minimum Gasteiger partial charge on any atom is -0.381 e. The molecular weight excluding hydrogens is 394 g/mol. The second-order valence-electron chi connectivity index (χ2n) is 8.45. The molecule has 2 aliphatic rings. The Kier molecular flexibility index (Phi) is 6.51. The number of carbonyl (C=O) groups is 1. The van der Waals surface area contributed by atoms with Crippen LogP contribution < -0.4 is 10.2 Å². The summed E-state index contributed by atoms with van der Waals surface area (Å²) < 4.78 is 5.58. The molecule has 0 radical (unpaired) electrons. The van der Waals surface area contributed by atoms with Crippen molar-refractivity contribution in [3.05, 3.63) is 69.8 Å². The highest BCUT2D eigenvalue weighted by Crippen LogP contribution is 2.35. The maximum absolute atomic E-state index is 13.3. The zero-order valence-electron chi connectivity index (χ0n) is 17.7. The highest BCUT2D eigenvalue weighted by atomic mass is 16.6. The number of nitro benzene ring substituents is 1. The Morgan fingerprint density at radius 3 is 2.45 bits per heavy atom. The molecule has 0 atom stereocenters. The number of nitrogens with one attached hydrogen (secondary N) is 1. The van der Waals surface area contributed by atoms with Crippen LogP contribution in [0.5, 0.6) is 0 Å². The van der Waals surface area contributed by atoms with Crippen molar-refractivity contribution in [1.29, 1.82) is 0 Å². The van der Waals surface area contributed by atoms with Gasteiger partial charge in [0.15, 0.2) is 0 Å². The van der Waals surface area contributed by atoms with E-state index in [0.717, 1.165) is 44.5 Å². The van der Waals surface area contributed by atoms with Crippen molar-refractivity contribution in [3.8, 4) is 0 Å². The van der Waals surface area contributed by atoms with E-state index >= 15 is 0 Å². The molecule has 1 N–H and O–H groups in total. The van der Waals surface area contributed by atoms with Crippen LogP contribution in [-0.2, 0) is 10.2 Å². The molecule has 2 saturated heterocycles. The molecule has 0 spiro atoms. The second-order valence-corrected chi connectivity index (χ2v) is 8.45. The number of rotatable bonds is 6. The number of piperidine rings is 1. The number of anilines is 1. The highest BCUT2D eigenvalue weighted by Gasteiger charge is 2.35. The number of non-ortho nitro benzene ring substituents is 1. The first-order valence-corrected chi connectivity index (χ1v) is 11.0. The summed E-state index contributed by atoms with van der Waals surface area (Å²) in [5.74, 6) is -0.258. The summed E-state index contributed by atoms with van der Waals surface area (Å²) in [5, 5.41) is 14.5. The van der Waals surface area contributed by atoms with E-state index in [4.69, 9.17) is 4.74 Å². The molecule has 7 heteroatoms. The molecule has 2 heterocycles. The first-order chi connectivity index (χ1) is 15.1. The molecule has 0 saturated carbocycles. The van der Waals surface area contributed by atoms with Crippen molar-refractivity contribution in [2.75, 3.05) is 37.7 Å². The molecule has 2 fully saturated rings. The van der Waals surface area contributed by atoms with E-state index in [9.17, 15) is 14.9 Å². The number of hydrogen-bond donors (Lipinski definition) is 1. The van der Waals surface area contributed by atoms with Gasteiger partial charge in [0.1, 0.15) is 0 Å². The van der Waals surface area contributed by atoms with Crippen LogP contribution in [0.2, 0.25) is 0 Å². The van der Waals surface area contributed by atoms with Crippen molar-refractivity contribution in [3.63, 3.8) is 0 Å². The monoisotopic (exact) mass is 423 g/mol. The van der Waals surface area contributed by atoms with E-state index < -0.39 is 4.92 Å². The normalized spacial score (nSPS) is 18.4. The van der Waals surface area contributed by atoms with Gasteiger partial charge in [-0.05, 0) is 43.7 Å². The molecule has 164 valence electrons. The number of hydrogen-bond acceptors (Lipinski definition) is 5. The Morgan fingerprint density at radius 2 is 1.77 bits per heavy atom. The molecule has 2 aromatic rings. The minimum absolute atomic E-state index is 0.0604. The summed E-state index contributed by atoms with van der Waals surface area (Å²) in [5.41, 5.74) is 2.10. The fourth-order valence-electron chi connectivity index (χ4n) is 4.70. The fourth-order valence-corrected chi connectivity index (χ4v) is 4.70. The third-order valence-corrected chi connectivity index (χ3v) is 6.56. The number of carbonyl (C=O) groups excluding carboxylic acids is 1. The molecule has 1 amide bonds. The highest BCUT2D eigenvalue weighted by molar-refractivity contribution is 6.00. The number of ether oxygens (including phenoxy) is 1. The maximum Gasteiger partial charge on any atom is 0.270 e. The lowest BCUT2D eigenvalue weighted by Crippen LogP contribution is -2.45. The Morgan fingerprint density at radius 1 is 1.06 bits per heavy atom. The van der Waals surface area contributed by atoms with Gasteiger partial charge >= 0.3 is 0 Å². The first kappa shape index (κ1) is 21.3. The molecule has 0 unspecified atom stereocenters. The average molecular weight is 424 g/mol. The van der Waals surface area contributed by atoms with Gasteiger partial charge in [0.2, 0.25) is 0 Å². The molecule has 4 rings (SSSR count). The van der Waals surface area contributed by atoms with Crippen LogP contribution in [0, 0.1) is 10.1 Å². The third kappa shape index (κ3) is 4.71. The van der Waals surface area contributed by atoms with Crippen molar-refractivity contribution < 1.29 is 14.5 Å². The molecule has 2 aromatic carbocycles. The average Bonchev–Trinajstić information content (AvgIpc) is 2.84. The van der Waals surface area contributed by atoms with Crippen LogP contribution in [0.15, 0.2) is 48.5 Å². The van der Waals surface area contributed by atoms with Crippen molar-refractivity contribution >= 4 is 17.3 Å². The zero-order chi connectivity index (χ0) is 21.7. The third-order valence-electron chi connectivity index (χ3n) is 6.56. The molecule has 0 bridgehead atoms. The molecule has 2 aliphatic heterocycles. The SMILES string of the molecule is O=C(NCC1(c2ccccc2)CCOCC1)c1cc([N+](=O)[O-])ccc1N1CCCCC1. The van der Waals surface area contributed by atoms with Crippen LogP contribution in [0.4, 0.5) is 11.4 Å². The van der Waals surface area contributed by atoms with Gasteiger partial charge in [-0.2, -0.15) is 0 Å². The van der Waals surface area contributed by atoms with Gasteiger partial charge < -0.3 is 15.0 Å². The van der Waals surface area contributed by atoms with Gasteiger partial charge in [-0.3, -0.25) is 14.9 Å². The van der Waals surface area contributed by atoms with Crippen LogP contribution in [0.25, 0.3) is 0 Å². The van der Waals surface area contributed by atoms with Gasteiger partial charge in [-0.25, -0.2) is 0 Å². The van der Waals surface area contributed by atoms with Crippen LogP contribution in [0.3, 0.4) is 0 Å². The van der Waals surface area contributed by atoms with Gasteiger partial charge in [0, 0.05) is 50.4 Å². The van der Waals surface area contributed by atoms with E-state index in [2.05, 4.69) is 22.3 Å². The molecule has 0 aromatic heterocycles. The maximum atomic E-state index is 13.3. The zero-order valence-corrected chi connectivity index (χ0v) is 17.7. The summed E-state index contributed by atoms with van der Waals surface area (Å²) in [6.07, 6.45) is 4.95. The van der Waals surface area contributed by atoms with Gasteiger partial charge in [0.05, 0.1) is 16.2 Å². The van der Waals surface area contributed by atoms with E-state index in [-0.39, 0.29) is 17.0 Å². The molecule has 31 heavy (non-hydrogen) atoms. The summed E-state index contributed by atoms with van der Waals surface area (Å²) in [6.45, 7) is 3.51. The first-order valence-electron chi connectivity index (χ1n) is 11.0. The Hall–Kier alpha value is -2.93. The van der Waals surface area contributed by atoms with Crippen molar-refractivity contribution in [2.24, 2.45) is 0 Å². The lowest BCUT2D eigenvalue weighted by atomic mass is 9.74. The van der Waals surface area contributed by atoms with Gasteiger partial charge in [-0.1, -0.05) is 30.3 Å². The molecule has 7 nitrogen and oxygen atoms in total. The van der Waals surface area contributed by atoms with Crippen LogP contribution in [-0.4, -0.2) is 43.7 Å². The summed E-state index contributed by atoms with van der Waals surface area (Å²) >= 11 is 0. The summed E-state index contributed by atoms with van der Waals surface area (Å²) in [7, 11) is 0. The molecular formula is C24H29N3O4. The Bertz CT molecular complexity index is 920. The number of amides is 1. The van der Waals surface area contributed by atoms with E-state index in [1.165, 1.54) is 24.1 Å². The topological polar surface area (TPSA) is 84.7 Å². The van der Waals surface area contributed by atoms with Crippen LogP contribution in [0.1, 0.15) is 48.0 Å². The standard InChI is InChI=1S/C24H29N3O4/c28-23(25-18-24(11-15-31-16-12-24)19-7-3-1-4-8-19)21-17-20(27(29)30)9-10-22(21)26-13-5-2-6-14-26/h1,3-4,7-10,17H,2,5-6,11-16,18H2,(H,25,28). The fraction of sp³-hybridized carbons (Fsp3) is 0.458. The summed E-state index contributed by atoms with van der Waals surface area (Å²) in [4.78, 5) is 26.4. The quantitative estimate of drug-likeness (QED) is 0.559. The lowest BCUT2D eigenvalue weighted by molar-refractivity contribution is -0.384.